The molecule has 2 rings (SSSR count). The molecule has 0 saturated carbocycles. The molecule has 1 atom stereocenters. The van der Waals surface area contributed by atoms with Crippen LogP contribution in [-0.2, 0) is 4.74 Å². The van der Waals surface area contributed by atoms with Gasteiger partial charge in [0, 0.05) is 18.9 Å². The van der Waals surface area contributed by atoms with Crippen molar-refractivity contribution in [1.29, 1.82) is 0 Å². The molecule has 19 heavy (non-hydrogen) atoms. The minimum atomic E-state index is -0.447. The molecule has 1 aromatic rings. The van der Waals surface area contributed by atoms with Crippen molar-refractivity contribution in [2.45, 2.75) is 52.2 Å². The lowest BCUT2D eigenvalue weighted by Crippen LogP contribution is -2.36. The van der Waals surface area contributed by atoms with Crippen molar-refractivity contribution in [3.05, 3.63) is 29.6 Å². The van der Waals surface area contributed by atoms with Gasteiger partial charge in [0.1, 0.15) is 5.60 Å². The molecule has 0 bridgehead atoms. The number of hydrogen-bond donors (Lipinski definition) is 0. The predicted molar refractivity (Wildman–Crippen MR) is 73.9 cm³/mol. The average molecular weight is 262 g/mol. The van der Waals surface area contributed by atoms with Crippen LogP contribution in [0, 0.1) is 6.92 Å². The zero-order chi connectivity index (χ0) is 14.0. The highest BCUT2D eigenvalue weighted by molar-refractivity contribution is 5.69. The Balaban J connectivity index is 2.18. The zero-order valence-electron chi connectivity index (χ0n) is 12.1. The van der Waals surface area contributed by atoms with E-state index in [1.165, 1.54) is 5.56 Å². The number of carbonyl (C=O) groups is 1. The van der Waals surface area contributed by atoms with Gasteiger partial charge in [0.2, 0.25) is 0 Å². The third-order valence-electron chi connectivity index (χ3n) is 3.30. The van der Waals surface area contributed by atoms with E-state index >= 15 is 0 Å². The lowest BCUT2D eigenvalue weighted by molar-refractivity contribution is 0.0224. The Morgan fingerprint density at radius 3 is 2.84 bits per heavy atom. The van der Waals surface area contributed by atoms with Gasteiger partial charge in [-0.05, 0) is 57.7 Å². The summed E-state index contributed by atoms with van der Waals surface area (Å²) in [6.07, 6.45) is 5.43. The number of ether oxygens (including phenoxy) is 1. The van der Waals surface area contributed by atoms with E-state index in [1.54, 1.807) is 6.20 Å². The van der Waals surface area contributed by atoms with E-state index in [0.717, 1.165) is 24.9 Å². The van der Waals surface area contributed by atoms with E-state index < -0.39 is 5.60 Å². The number of aromatic nitrogens is 1. The molecule has 0 aliphatic carbocycles. The second kappa shape index (κ2) is 5.19. The minimum absolute atomic E-state index is 0.123. The average Bonchev–Trinajstić information content (AvgIpc) is 2.76. The first-order valence-corrected chi connectivity index (χ1v) is 6.78. The summed E-state index contributed by atoms with van der Waals surface area (Å²) in [7, 11) is 0. The topological polar surface area (TPSA) is 42.4 Å². The van der Waals surface area contributed by atoms with Gasteiger partial charge >= 0.3 is 6.09 Å². The number of amides is 1. The zero-order valence-corrected chi connectivity index (χ0v) is 12.1. The van der Waals surface area contributed by atoms with Crippen LogP contribution in [0.3, 0.4) is 0 Å². The predicted octanol–water partition coefficient (Wildman–Crippen LogP) is 3.46. The highest BCUT2D eigenvalue weighted by atomic mass is 16.6. The van der Waals surface area contributed by atoms with Crippen LogP contribution >= 0.6 is 0 Å². The van der Waals surface area contributed by atoms with Crippen LogP contribution in [0.1, 0.15) is 50.8 Å². The van der Waals surface area contributed by atoms with E-state index in [9.17, 15) is 4.79 Å². The van der Waals surface area contributed by atoms with Gasteiger partial charge in [-0.25, -0.2) is 4.79 Å². The third-order valence-corrected chi connectivity index (χ3v) is 3.30. The van der Waals surface area contributed by atoms with Crippen molar-refractivity contribution in [2.75, 3.05) is 6.54 Å². The molecule has 1 fully saturated rings. The van der Waals surface area contributed by atoms with Crippen LogP contribution in [-0.4, -0.2) is 28.1 Å². The molecular weight excluding hydrogens is 240 g/mol. The van der Waals surface area contributed by atoms with Crippen molar-refractivity contribution in [1.82, 2.24) is 9.88 Å². The number of hydrogen-bond acceptors (Lipinski definition) is 3. The number of nitrogens with zero attached hydrogens (tertiary/aromatic N) is 2. The van der Waals surface area contributed by atoms with Crippen molar-refractivity contribution in [3.63, 3.8) is 0 Å². The fourth-order valence-electron chi connectivity index (χ4n) is 2.49. The summed E-state index contributed by atoms with van der Waals surface area (Å²) >= 11 is 0. The first kappa shape index (κ1) is 13.8. The highest BCUT2D eigenvalue weighted by Crippen LogP contribution is 2.34. The van der Waals surface area contributed by atoms with Gasteiger partial charge in [-0.3, -0.25) is 4.98 Å². The first-order chi connectivity index (χ1) is 8.88. The highest BCUT2D eigenvalue weighted by Gasteiger charge is 2.33. The van der Waals surface area contributed by atoms with Crippen molar-refractivity contribution in [2.24, 2.45) is 0 Å². The van der Waals surface area contributed by atoms with Gasteiger partial charge < -0.3 is 9.64 Å². The Kier molecular flexibility index (Phi) is 3.78. The Morgan fingerprint density at radius 2 is 2.21 bits per heavy atom. The lowest BCUT2D eigenvalue weighted by Gasteiger charge is -2.29. The van der Waals surface area contributed by atoms with Crippen LogP contribution in [0.25, 0.3) is 0 Å². The normalized spacial score (nSPS) is 19.6. The second-order valence-electron chi connectivity index (χ2n) is 6.06. The molecule has 4 heteroatoms. The van der Waals surface area contributed by atoms with E-state index in [1.807, 2.05) is 44.9 Å². The fourth-order valence-corrected chi connectivity index (χ4v) is 2.49. The molecule has 0 N–H and O–H groups in total. The molecule has 1 aliphatic rings. The summed E-state index contributed by atoms with van der Waals surface area (Å²) in [6.45, 7) is 8.49. The van der Waals surface area contributed by atoms with E-state index in [-0.39, 0.29) is 12.1 Å². The summed E-state index contributed by atoms with van der Waals surface area (Å²) in [5.74, 6) is 0. The van der Waals surface area contributed by atoms with Crippen molar-refractivity contribution < 1.29 is 9.53 Å². The maximum absolute atomic E-state index is 12.2. The molecule has 1 saturated heterocycles. The molecule has 0 radical (unpaired) electrons. The smallest absolute Gasteiger partial charge is 0.410 e. The number of pyridine rings is 1. The summed E-state index contributed by atoms with van der Waals surface area (Å²) in [4.78, 5) is 18.2. The third kappa shape index (κ3) is 3.25. The first-order valence-electron chi connectivity index (χ1n) is 6.78. The van der Waals surface area contributed by atoms with Crippen LogP contribution in [0.4, 0.5) is 4.79 Å². The van der Waals surface area contributed by atoms with E-state index in [0.29, 0.717) is 0 Å². The standard InChI is InChI=1S/C15H22N2O2/c1-11-10-16-8-7-12(11)13-6-5-9-17(13)14(18)19-15(2,3)4/h7-8,10,13H,5-6,9H2,1-4H3. The van der Waals surface area contributed by atoms with Crippen LogP contribution in [0.2, 0.25) is 0 Å². The van der Waals surface area contributed by atoms with Gasteiger partial charge in [-0.15, -0.1) is 0 Å². The minimum Gasteiger partial charge on any atom is -0.444 e. The van der Waals surface area contributed by atoms with Gasteiger partial charge in [-0.2, -0.15) is 0 Å². The summed E-state index contributed by atoms with van der Waals surface area (Å²) < 4.78 is 5.48. The summed E-state index contributed by atoms with van der Waals surface area (Å²) in [5, 5.41) is 0. The van der Waals surface area contributed by atoms with Crippen LogP contribution < -0.4 is 0 Å². The van der Waals surface area contributed by atoms with E-state index in [4.69, 9.17) is 4.74 Å². The molecule has 1 aromatic heterocycles. The molecule has 0 spiro atoms. The van der Waals surface area contributed by atoms with Crippen molar-refractivity contribution >= 4 is 6.09 Å². The molecule has 2 heterocycles. The Hall–Kier alpha value is -1.58. The molecule has 1 unspecified atom stereocenters. The number of aryl methyl sites for hydroxylation is 1. The molecule has 1 amide bonds. The van der Waals surface area contributed by atoms with Crippen LogP contribution in [0.5, 0.6) is 0 Å². The maximum Gasteiger partial charge on any atom is 0.410 e. The summed E-state index contributed by atoms with van der Waals surface area (Å²) in [6, 6.07) is 2.13. The second-order valence-corrected chi connectivity index (χ2v) is 6.06. The Morgan fingerprint density at radius 1 is 1.47 bits per heavy atom. The number of likely N-dealkylation sites (tertiary alicyclic amines) is 1. The molecule has 104 valence electrons. The molecule has 1 aliphatic heterocycles. The van der Waals surface area contributed by atoms with Crippen LogP contribution in [0.15, 0.2) is 18.5 Å². The van der Waals surface area contributed by atoms with Crippen molar-refractivity contribution in [3.8, 4) is 0 Å². The largest absolute Gasteiger partial charge is 0.444 e. The summed E-state index contributed by atoms with van der Waals surface area (Å²) in [5.41, 5.74) is 1.86. The van der Waals surface area contributed by atoms with Gasteiger partial charge in [0.15, 0.2) is 0 Å². The molecule has 4 nitrogen and oxygen atoms in total. The monoisotopic (exact) mass is 262 g/mol. The fraction of sp³-hybridized carbons (Fsp3) is 0.600. The van der Waals surface area contributed by atoms with Gasteiger partial charge in [-0.1, -0.05) is 0 Å². The van der Waals surface area contributed by atoms with Gasteiger partial charge in [0.05, 0.1) is 6.04 Å². The maximum atomic E-state index is 12.2. The SMILES string of the molecule is Cc1cnccc1C1CCCN1C(=O)OC(C)(C)C. The number of carbonyl (C=O) groups excluding carboxylic acids is 1. The lowest BCUT2D eigenvalue weighted by atomic mass is 10.0. The Labute approximate surface area is 114 Å². The number of rotatable bonds is 1. The quantitative estimate of drug-likeness (QED) is 0.778. The molecular formula is C15H22N2O2. The molecule has 0 aromatic carbocycles. The van der Waals surface area contributed by atoms with Gasteiger partial charge in [0.25, 0.3) is 0 Å². The van der Waals surface area contributed by atoms with E-state index in [2.05, 4.69) is 4.98 Å². The Bertz CT molecular complexity index is 465.